The van der Waals surface area contributed by atoms with E-state index in [-0.39, 0.29) is 11.9 Å². The minimum absolute atomic E-state index is 0.0224. The van der Waals surface area contributed by atoms with Crippen LogP contribution in [0.3, 0.4) is 0 Å². The molecule has 23 heavy (non-hydrogen) atoms. The lowest BCUT2D eigenvalue weighted by Crippen LogP contribution is -2.31. The highest BCUT2D eigenvalue weighted by molar-refractivity contribution is 7.15. The van der Waals surface area contributed by atoms with E-state index in [9.17, 15) is 4.79 Å². The van der Waals surface area contributed by atoms with Gasteiger partial charge in [0.05, 0.1) is 6.54 Å². The molecule has 0 spiro atoms. The number of nitrogens with one attached hydrogen (secondary N) is 1. The molecule has 0 aliphatic rings. The van der Waals surface area contributed by atoms with Crippen molar-refractivity contribution >= 4 is 17.2 Å². The molecule has 118 valence electrons. The average molecular weight is 326 g/mol. The summed E-state index contributed by atoms with van der Waals surface area (Å²) in [5.74, 6) is -0.0224. The van der Waals surface area contributed by atoms with Crippen molar-refractivity contribution in [3.05, 3.63) is 59.9 Å². The Hall–Kier alpha value is -2.47. The number of carbonyl (C=O) groups excluding carboxylic acids is 1. The van der Waals surface area contributed by atoms with Gasteiger partial charge in [-0.3, -0.25) is 9.48 Å². The molecule has 2 aromatic heterocycles. The minimum atomic E-state index is -0.272. The van der Waals surface area contributed by atoms with E-state index < -0.39 is 0 Å². The monoisotopic (exact) mass is 326 g/mol. The number of aromatic nitrogens is 3. The van der Waals surface area contributed by atoms with Crippen LogP contribution in [0, 0.1) is 0 Å². The molecule has 0 aliphatic heterocycles. The van der Waals surface area contributed by atoms with E-state index in [1.807, 2.05) is 55.7 Å². The van der Waals surface area contributed by atoms with Crippen LogP contribution in [0.2, 0.25) is 0 Å². The molecule has 0 bridgehead atoms. The van der Waals surface area contributed by atoms with Crippen molar-refractivity contribution in [1.82, 2.24) is 20.1 Å². The first-order valence-electron chi connectivity index (χ1n) is 7.55. The van der Waals surface area contributed by atoms with E-state index in [1.54, 1.807) is 22.2 Å². The smallest absolute Gasteiger partial charge is 0.245 e. The first-order chi connectivity index (χ1) is 11.3. The molecular formula is C17H18N4OS. The lowest BCUT2D eigenvalue weighted by atomic mass is 10.2. The molecule has 0 saturated carbocycles. The van der Waals surface area contributed by atoms with Crippen LogP contribution in [0.4, 0.5) is 0 Å². The zero-order valence-corrected chi connectivity index (χ0v) is 13.7. The van der Waals surface area contributed by atoms with Crippen LogP contribution in [-0.4, -0.2) is 20.7 Å². The third-order valence-corrected chi connectivity index (χ3v) is 4.59. The van der Waals surface area contributed by atoms with E-state index in [1.165, 1.54) is 0 Å². The standard InChI is InChI=1S/C17H18N4OS/c1-2-15(21-10-6-9-20-21)16(22)18-11-14-12-19-17(23-14)13-7-4-3-5-8-13/h3-10,12,15H,2,11H2,1H3,(H,18,22). The molecule has 1 aromatic carbocycles. The molecule has 1 amide bonds. The van der Waals surface area contributed by atoms with Crippen LogP contribution < -0.4 is 5.32 Å². The normalized spacial score (nSPS) is 12.0. The second-order valence-corrected chi connectivity index (χ2v) is 6.24. The van der Waals surface area contributed by atoms with Gasteiger partial charge in [-0.2, -0.15) is 5.10 Å². The fraction of sp³-hybridized carbons (Fsp3) is 0.235. The van der Waals surface area contributed by atoms with E-state index in [4.69, 9.17) is 0 Å². The summed E-state index contributed by atoms with van der Waals surface area (Å²) in [5, 5.41) is 8.09. The lowest BCUT2D eigenvalue weighted by molar-refractivity contribution is -0.124. The number of rotatable bonds is 6. The van der Waals surface area contributed by atoms with Gasteiger partial charge >= 0.3 is 0 Å². The molecule has 0 fully saturated rings. The third kappa shape index (κ3) is 3.65. The first kappa shape index (κ1) is 15.4. The molecule has 0 aliphatic carbocycles. The molecule has 1 N–H and O–H groups in total. The zero-order chi connectivity index (χ0) is 16.1. The molecule has 1 unspecified atom stereocenters. The fourth-order valence-electron chi connectivity index (χ4n) is 2.35. The number of benzene rings is 1. The molecular weight excluding hydrogens is 308 g/mol. The summed E-state index contributed by atoms with van der Waals surface area (Å²) in [6.45, 7) is 2.47. The van der Waals surface area contributed by atoms with Gasteiger partial charge in [-0.05, 0) is 12.5 Å². The molecule has 1 atom stereocenters. The van der Waals surface area contributed by atoms with Gasteiger partial charge in [0, 0.05) is 29.0 Å². The van der Waals surface area contributed by atoms with Gasteiger partial charge in [0.1, 0.15) is 11.0 Å². The average Bonchev–Trinajstić information content (AvgIpc) is 3.26. The van der Waals surface area contributed by atoms with Crippen molar-refractivity contribution in [3.63, 3.8) is 0 Å². The highest BCUT2D eigenvalue weighted by Crippen LogP contribution is 2.24. The summed E-state index contributed by atoms with van der Waals surface area (Å²) >= 11 is 1.60. The topological polar surface area (TPSA) is 59.8 Å². The summed E-state index contributed by atoms with van der Waals surface area (Å²) < 4.78 is 1.69. The molecule has 2 heterocycles. The second-order valence-electron chi connectivity index (χ2n) is 5.13. The fourth-order valence-corrected chi connectivity index (χ4v) is 3.21. The minimum Gasteiger partial charge on any atom is -0.349 e. The van der Waals surface area contributed by atoms with Gasteiger partial charge in [-0.25, -0.2) is 4.98 Å². The van der Waals surface area contributed by atoms with Crippen molar-refractivity contribution in [1.29, 1.82) is 0 Å². The van der Waals surface area contributed by atoms with Gasteiger partial charge in [0.2, 0.25) is 5.91 Å². The molecule has 5 nitrogen and oxygen atoms in total. The van der Waals surface area contributed by atoms with Crippen molar-refractivity contribution in [3.8, 4) is 10.6 Å². The van der Waals surface area contributed by atoms with E-state index in [0.29, 0.717) is 13.0 Å². The number of carbonyl (C=O) groups is 1. The number of thiazole rings is 1. The van der Waals surface area contributed by atoms with Gasteiger partial charge in [-0.1, -0.05) is 37.3 Å². The Balaban J connectivity index is 1.62. The summed E-state index contributed by atoms with van der Waals surface area (Å²) in [4.78, 5) is 17.8. The maximum Gasteiger partial charge on any atom is 0.245 e. The van der Waals surface area contributed by atoms with Crippen molar-refractivity contribution in [2.45, 2.75) is 25.9 Å². The highest BCUT2D eigenvalue weighted by Gasteiger charge is 2.18. The van der Waals surface area contributed by atoms with E-state index in [0.717, 1.165) is 15.4 Å². The van der Waals surface area contributed by atoms with Crippen LogP contribution in [0.1, 0.15) is 24.3 Å². The highest BCUT2D eigenvalue weighted by atomic mass is 32.1. The van der Waals surface area contributed by atoms with E-state index in [2.05, 4.69) is 15.4 Å². The first-order valence-corrected chi connectivity index (χ1v) is 8.36. The van der Waals surface area contributed by atoms with Crippen LogP contribution in [0.5, 0.6) is 0 Å². The predicted octanol–water partition coefficient (Wildman–Crippen LogP) is 3.27. The Labute approximate surface area is 139 Å². The number of hydrogen-bond acceptors (Lipinski definition) is 4. The van der Waals surface area contributed by atoms with Crippen molar-refractivity contribution in [2.75, 3.05) is 0 Å². The second kappa shape index (κ2) is 7.19. The van der Waals surface area contributed by atoms with Crippen LogP contribution >= 0.6 is 11.3 Å². The summed E-state index contributed by atoms with van der Waals surface area (Å²) in [6.07, 6.45) is 6.02. The summed E-state index contributed by atoms with van der Waals surface area (Å²) in [7, 11) is 0. The predicted molar refractivity (Wildman–Crippen MR) is 91.0 cm³/mol. The Morgan fingerprint density at radius 3 is 2.83 bits per heavy atom. The molecule has 0 radical (unpaired) electrons. The Bertz CT molecular complexity index is 752. The van der Waals surface area contributed by atoms with E-state index >= 15 is 0 Å². The Kier molecular flexibility index (Phi) is 4.83. The van der Waals surface area contributed by atoms with Gasteiger partial charge < -0.3 is 5.32 Å². The maximum absolute atomic E-state index is 12.3. The van der Waals surface area contributed by atoms with Gasteiger partial charge in [0.15, 0.2) is 0 Å². The number of amides is 1. The van der Waals surface area contributed by atoms with Gasteiger partial charge in [0.25, 0.3) is 0 Å². The Morgan fingerprint density at radius 1 is 1.30 bits per heavy atom. The molecule has 6 heteroatoms. The quantitative estimate of drug-likeness (QED) is 0.756. The summed E-state index contributed by atoms with van der Waals surface area (Å²) in [6, 6.07) is 11.6. The largest absolute Gasteiger partial charge is 0.349 e. The molecule has 3 rings (SSSR count). The lowest BCUT2D eigenvalue weighted by Gasteiger charge is -2.14. The van der Waals surface area contributed by atoms with Crippen molar-refractivity contribution < 1.29 is 4.79 Å². The molecule has 0 saturated heterocycles. The Morgan fingerprint density at radius 2 is 2.13 bits per heavy atom. The maximum atomic E-state index is 12.3. The van der Waals surface area contributed by atoms with Crippen LogP contribution in [0.15, 0.2) is 55.0 Å². The van der Waals surface area contributed by atoms with Crippen LogP contribution in [-0.2, 0) is 11.3 Å². The SMILES string of the molecule is CCC(C(=O)NCc1cnc(-c2ccccc2)s1)n1cccn1. The number of nitrogens with zero attached hydrogens (tertiary/aromatic N) is 3. The third-order valence-electron chi connectivity index (χ3n) is 3.54. The van der Waals surface area contributed by atoms with Crippen LogP contribution in [0.25, 0.3) is 10.6 Å². The number of hydrogen-bond donors (Lipinski definition) is 1. The van der Waals surface area contributed by atoms with Gasteiger partial charge in [-0.15, -0.1) is 11.3 Å². The molecule has 3 aromatic rings. The summed E-state index contributed by atoms with van der Waals surface area (Å²) in [5.41, 5.74) is 1.10. The van der Waals surface area contributed by atoms with Crippen molar-refractivity contribution in [2.24, 2.45) is 0 Å². The zero-order valence-electron chi connectivity index (χ0n) is 12.8.